The van der Waals surface area contributed by atoms with Crippen LogP contribution < -0.4 is 4.90 Å². The van der Waals surface area contributed by atoms with Crippen molar-refractivity contribution in [3.8, 4) is 5.69 Å². The highest BCUT2D eigenvalue weighted by Gasteiger charge is 2.30. The predicted octanol–water partition coefficient (Wildman–Crippen LogP) is 4.43. The highest BCUT2D eigenvalue weighted by atomic mass is 19.1. The third-order valence-electron chi connectivity index (χ3n) is 6.74. The molecule has 0 N–H and O–H groups in total. The van der Waals surface area contributed by atoms with E-state index in [9.17, 15) is 8.78 Å². The molecule has 2 aliphatic heterocycles. The largest absolute Gasteiger partial charge is 0.381 e. The molecule has 0 bridgehead atoms. The number of anilines is 1. The SMILES string of the molecule is Fc1ccc(F)c([C@H]2CCCN2c2ccn3ncc(-n4cc(C5CCOCC5)cn4)c3n2)c1. The van der Waals surface area contributed by atoms with E-state index in [1.165, 1.54) is 17.7 Å². The Hall–Kier alpha value is -3.33. The number of hydrogen-bond donors (Lipinski definition) is 0. The number of nitrogens with zero attached hydrogens (tertiary/aromatic N) is 6. The van der Waals surface area contributed by atoms with Crippen molar-refractivity contribution >= 4 is 11.5 Å². The van der Waals surface area contributed by atoms with Gasteiger partial charge in [-0.25, -0.2) is 23.0 Å². The van der Waals surface area contributed by atoms with Crippen molar-refractivity contribution in [3.63, 3.8) is 0 Å². The molecule has 5 heterocycles. The molecular formula is C24H24F2N6O. The van der Waals surface area contributed by atoms with Crippen LogP contribution in [-0.2, 0) is 4.74 Å². The summed E-state index contributed by atoms with van der Waals surface area (Å²) in [5.74, 6) is 0.340. The van der Waals surface area contributed by atoms with Crippen molar-refractivity contribution in [3.05, 3.63) is 71.8 Å². The van der Waals surface area contributed by atoms with Gasteiger partial charge < -0.3 is 9.64 Å². The van der Waals surface area contributed by atoms with Crippen molar-refractivity contribution in [2.75, 3.05) is 24.7 Å². The summed E-state index contributed by atoms with van der Waals surface area (Å²) in [4.78, 5) is 6.92. The van der Waals surface area contributed by atoms with E-state index in [2.05, 4.69) is 10.2 Å². The lowest BCUT2D eigenvalue weighted by Gasteiger charge is -2.26. The molecule has 0 aliphatic carbocycles. The van der Waals surface area contributed by atoms with Crippen LogP contribution in [0.2, 0.25) is 0 Å². The molecule has 2 aliphatic rings. The van der Waals surface area contributed by atoms with E-state index in [0.717, 1.165) is 57.2 Å². The molecule has 2 fully saturated rings. The fourth-order valence-electron chi connectivity index (χ4n) is 5.01. The molecule has 0 radical (unpaired) electrons. The minimum Gasteiger partial charge on any atom is -0.381 e. The van der Waals surface area contributed by atoms with E-state index in [-0.39, 0.29) is 6.04 Å². The van der Waals surface area contributed by atoms with Crippen LogP contribution in [0.3, 0.4) is 0 Å². The number of hydrogen-bond acceptors (Lipinski definition) is 5. The van der Waals surface area contributed by atoms with Gasteiger partial charge in [0.15, 0.2) is 5.65 Å². The number of halogens is 2. The summed E-state index contributed by atoms with van der Waals surface area (Å²) in [7, 11) is 0. The van der Waals surface area contributed by atoms with Gasteiger partial charge in [-0.15, -0.1) is 0 Å². The van der Waals surface area contributed by atoms with E-state index < -0.39 is 11.6 Å². The maximum absolute atomic E-state index is 14.5. The molecule has 7 nitrogen and oxygen atoms in total. The lowest BCUT2D eigenvalue weighted by Crippen LogP contribution is -2.24. The highest BCUT2D eigenvalue weighted by Crippen LogP contribution is 2.37. The standard InChI is InChI=1S/C24H24F2N6O/c25-18-3-4-20(26)19(12-18)21-2-1-8-30(21)23-5-9-31-24(29-23)22(14-28-31)32-15-17(13-27-32)16-6-10-33-11-7-16/h3-5,9,12-16,21H,1-2,6-8,10-11H2/t21-/m1/s1. The maximum atomic E-state index is 14.5. The molecule has 4 aromatic rings. The van der Waals surface area contributed by atoms with Crippen LogP contribution in [0.1, 0.15) is 48.8 Å². The van der Waals surface area contributed by atoms with Crippen molar-refractivity contribution in [2.24, 2.45) is 0 Å². The molecule has 0 unspecified atom stereocenters. The Labute approximate surface area is 189 Å². The Morgan fingerprint density at radius 1 is 1.00 bits per heavy atom. The van der Waals surface area contributed by atoms with E-state index in [1.807, 2.05) is 34.2 Å². The van der Waals surface area contributed by atoms with Gasteiger partial charge >= 0.3 is 0 Å². The van der Waals surface area contributed by atoms with Crippen LogP contribution in [0.15, 0.2) is 49.1 Å². The first-order valence-corrected chi connectivity index (χ1v) is 11.4. The molecule has 1 aromatic carbocycles. The third-order valence-corrected chi connectivity index (χ3v) is 6.74. The quantitative estimate of drug-likeness (QED) is 0.460. The number of benzene rings is 1. The highest BCUT2D eigenvalue weighted by molar-refractivity contribution is 5.61. The maximum Gasteiger partial charge on any atom is 0.183 e. The van der Waals surface area contributed by atoms with Gasteiger partial charge in [0.1, 0.15) is 23.1 Å². The first-order valence-electron chi connectivity index (χ1n) is 11.4. The van der Waals surface area contributed by atoms with Crippen molar-refractivity contribution in [1.82, 2.24) is 24.4 Å². The van der Waals surface area contributed by atoms with Crippen LogP contribution in [0.4, 0.5) is 14.6 Å². The van der Waals surface area contributed by atoms with Crippen molar-refractivity contribution < 1.29 is 13.5 Å². The van der Waals surface area contributed by atoms with E-state index in [0.29, 0.717) is 22.9 Å². The normalized spacial score (nSPS) is 19.6. The first kappa shape index (κ1) is 20.3. The molecular weight excluding hydrogens is 426 g/mol. The Bertz CT molecular complexity index is 1300. The van der Waals surface area contributed by atoms with Crippen LogP contribution in [-0.4, -0.2) is 44.1 Å². The smallest absolute Gasteiger partial charge is 0.183 e. The van der Waals surface area contributed by atoms with Crippen LogP contribution in [0.5, 0.6) is 0 Å². The minimum absolute atomic E-state index is 0.258. The molecule has 0 spiro atoms. The van der Waals surface area contributed by atoms with Crippen LogP contribution in [0, 0.1) is 11.6 Å². The molecule has 6 rings (SSSR count). The zero-order valence-electron chi connectivity index (χ0n) is 18.1. The fourth-order valence-corrected chi connectivity index (χ4v) is 5.01. The van der Waals surface area contributed by atoms with Gasteiger partial charge in [-0.1, -0.05) is 0 Å². The summed E-state index contributed by atoms with van der Waals surface area (Å²) in [5, 5.41) is 9.01. The summed E-state index contributed by atoms with van der Waals surface area (Å²) >= 11 is 0. The van der Waals surface area contributed by atoms with E-state index >= 15 is 0 Å². The van der Waals surface area contributed by atoms with Gasteiger partial charge in [-0.05, 0) is 61.4 Å². The first-order chi connectivity index (χ1) is 16.2. The molecule has 170 valence electrons. The fraction of sp³-hybridized carbons (Fsp3) is 0.375. The molecule has 0 saturated carbocycles. The van der Waals surface area contributed by atoms with Crippen molar-refractivity contribution in [1.29, 1.82) is 0 Å². The van der Waals surface area contributed by atoms with Gasteiger partial charge in [-0.3, -0.25) is 0 Å². The van der Waals surface area contributed by atoms with Gasteiger partial charge in [-0.2, -0.15) is 10.2 Å². The van der Waals surface area contributed by atoms with Gasteiger partial charge in [0.25, 0.3) is 0 Å². The monoisotopic (exact) mass is 450 g/mol. The Kier molecular flexibility index (Phi) is 5.05. The second-order valence-corrected chi connectivity index (χ2v) is 8.71. The van der Waals surface area contributed by atoms with Gasteiger partial charge in [0, 0.05) is 37.7 Å². The zero-order valence-corrected chi connectivity index (χ0v) is 18.1. The second-order valence-electron chi connectivity index (χ2n) is 8.71. The second kappa shape index (κ2) is 8.22. The minimum atomic E-state index is -0.432. The summed E-state index contributed by atoms with van der Waals surface area (Å²) in [6, 6.07) is 5.26. The summed E-state index contributed by atoms with van der Waals surface area (Å²) < 4.78 is 37.4. The Morgan fingerprint density at radius 2 is 1.88 bits per heavy atom. The molecule has 2 saturated heterocycles. The van der Waals surface area contributed by atoms with Crippen molar-refractivity contribution in [2.45, 2.75) is 37.6 Å². The topological polar surface area (TPSA) is 60.5 Å². The molecule has 33 heavy (non-hydrogen) atoms. The summed E-state index contributed by atoms with van der Waals surface area (Å²) in [6.45, 7) is 2.28. The van der Waals surface area contributed by atoms with Crippen LogP contribution >= 0.6 is 0 Å². The average molecular weight is 450 g/mol. The molecule has 1 atom stereocenters. The summed E-state index contributed by atoms with van der Waals surface area (Å²) in [5.41, 5.74) is 3.01. The predicted molar refractivity (Wildman–Crippen MR) is 119 cm³/mol. The lowest BCUT2D eigenvalue weighted by molar-refractivity contribution is 0.0853. The third kappa shape index (κ3) is 3.66. The molecule has 3 aromatic heterocycles. The van der Waals surface area contributed by atoms with Crippen LogP contribution in [0.25, 0.3) is 11.3 Å². The van der Waals surface area contributed by atoms with Gasteiger partial charge in [0.2, 0.25) is 0 Å². The van der Waals surface area contributed by atoms with E-state index in [4.69, 9.17) is 9.72 Å². The summed E-state index contributed by atoms with van der Waals surface area (Å²) in [6.07, 6.45) is 11.2. The van der Waals surface area contributed by atoms with Gasteiger partial charge in [0.05, 0.1) is 18.4 Å². The number of fused-ring (bicyclic) bond motifs is 1. The number of rotatable bonds is 4. The lowest BCUT2D eigenvalue weighted by atomic mass is 9.94. The zero-order chi connectivity index (χ0) is 22.4. The average Bonchev–Trinajstić information content (AvgIpc) is 3.60. The number of aromatic nitrogens is 5. The number of ether oxygens (including phenoxy) is 1. The molecule has 9 heteroatoms. The Balaban J connectivity index is 1.34. The van der Waals surface area contributed by atoms with E-state index in [1.54, 1.807) is 10.7 Å². The Morgan fingerprint density at radius 3 is 2.76 bits per heavy atom. The molecule has 0 amide bonds.